The Hall–Kier alpha value is -0.960. The zero-order valence-corrected chi connectivity index (χ0v) is 7.47. The molecule has 1 radical (unpaired) electrons. The van der Waals surface area contributed by atoms with Gasteiger partial charge < -0.3 is 4.90 Å². The Kier molecular flexibility index (Phi) is 1.81. The number of para-hydroxylation sites is 1. The number of benzene rings is 1. The van der Waals surface area contributed by atoms with Crippen LogP contribution in [0.4, 0.5) is 5.69 Å². The molecular weight excluding hydrogens is 170 g/mol. The van der Waals surface area contributed by atoms with Crippen LogP contribution in [0.2, 0.25) is 0 Å². The average Bonchev–Trinajstić information content (AvgIpc) is 2.12. The van der Waals surface area contributed by atoms with E-state index in [4.69, 9.17) is 0 Å². The lowest BCUT2D eigenvalue weighted by Gasteiger charge is -2.24. The van der Waals surface area contributed by atoms with Crippen molar-refractivity contribution in [2.75, 3.05) is 11.9 Å². The molecular formula is C9H8NOS. The molecule has 0 fully saturated rings. The minimum atomic E-state index is 0.0544. The standard InChI is InChI=1S/C9H8NOS/c1-10-7-4-2-3-5-8(7)12-6-9(10)11/h2-6H,1H3. The third-order valence-corrected chi connectivity index (χ3v) is 2.76. The van der Waals surface area contributed by atoms with Crippen LogP contribution in [-0.2, 0) is 4.79 Å². The van der Waals surface area contributed by atoms with E-state index < -0.39 is 0 Å². The molecule has 2 nitrogen and oxygen atoms in total. The Balaban J connectivity index is 2.48. The number of carbonyl (C=O) groups excluding carboxylic acids is 1. The van der Waals surface area contributed by atoms with Crippen LogP contribution in [0.25, 0.3) is 0 Å². The molecule has 0 spiro atoms. The Labute approximate surface area is 75.6 Å². The maximum Gasteiger partial charge on any atom is 0.241 e. The Morgan fingerprint density at radius 2 is 2.08 bits per heavy atom. The van der Waals surface area contributed by atoms with Crippen LogP contribution in [0, 0.1) is 5.75 Å². The summed E-state index contributed by atoms with van der Waals surface area (Å²) in [4.78, 5) is 14.0. The number of hydrogen-bond acceptors (Lipinski definition) is 2. The fourth-order valence-electron chi connectivity index (χ4n) is 1.15. The van der Waals surface area contributed by atoms with E-state index in [1.807, 2.05) is 24.3 Å². The Bertz CT molecular complexity index is 324. The lowest BCUT2D eigenvalue weighted by molar-refractivity contribution is -0.114. The summed E-state index contributed by atoms with van der Waals surface area (Å²) < 4.78 is 0. The van der Waals surface area contributed by atoms with E-state index in [0.29, 0.717) is 0 Å². The van der Waals surface area contributed by atoms with Crippen LogP contribution in [0.5, 0.6) is 0 Å². The van der Waals surface area contributed by atoms with Gasteiger partial charge in [0.15, 0.2) is 0 Å². The van der Waals surface area contributed by atoms with Crippen LogP contribution in [0.15, 0.2) is 29.2 Å². The highest BCUT2D eigenvalue weighted by molar-refractivity contribution is 8.02. The number of anilines is 1. The number of nitrogens with zero attached hydrogens (tertiary/aromatic N) is 1. The lowest BCUT2D eigenvalue weighted by Crippen LogP contribution is -2.28. The number of amides is 1. The SMILES string of the molecule is CN1C(=O)[CH]Sc2ccccc21. The van der Waals surface area contributed by atoms with Crippen molar-refractivity contribution < 1.29 is 4.79 Å². The van der Waals surface area contributed by atoms with Gasteiger partial charge in [-0.15, -0.1) is 11.8 Å². The maximum atomic E-state index is 11.2. The molecule has 12 heavy (non-hydrogen) atoms. The fraction of sp³-hybridized carbons (Fsp3) is 0.111. The van der Waals surface area contributed by atoms with Crippen molar-refractivity contribution in [2.24, 2.45) is 0 Å². The minimum Gasteiger partial charge on any atom is -0.313 e. The van der Waals surface area contributed by atoms with Gasteiger partial charge in [0.2, 0.25) is 5.91 Å². The van der Waals surface area contributed by atoms with Gasteiger partial charge in [-0.05, 0) is 12.1 Å². The molecule has 1 aliphatic heterocycles. The van der Waals surface area contributed by atoms with Gasteiger partial charge in [0.05, 0.1) is 5.69 Å². The van der Waals surface area contributed by atoms with Crippen molar-refractivity contribution in [3.63, 3.8) is 0 Å². The van der Waals surface area contributed by atoms with E-state index >= 15 is 0 Å². The van der Waals surface area contributed by atoms with Crippen LogP contribution in [-0.4, -0.2) is 13.0 Å². The molecule has 0 atom stereocenters. The largest absolute Gasteiger partial charge is 0.313 e. The van der Waals surface area contributed by atoms with Gasteiger partial charge in [0.1, 0.15) is 5.75 Å². The third-order valence-electron chi connectivity index (χ3n) is 1.84. The summed E-state index contributed by atoms with van der Waals surface area (Å²) in [5.41, 5.74) is 0.995. The van der Waals surface area contributed by atoms with E-state index in [-0.39, 0.29) is 5.91 Å². The van der Waals surface area contributed by atoms with Crippen LogP contribution in [0.3, 0.4) is 0 Å². The highest BCUT2D eigenvalue weighted by Gasteiger charge is 2.20. The van der Waals surface area contributed by atoms with Gasteiger partial charge in [-0.25, -0.2) is 0 Å². The number of carbonyl (C=O) groups is 1. The minimum absolute atomic E-state index is 0.0544. The fourth-order valence-corrected chi connectivity index (χ4v) is 2.01. The summed E-state index contributed by atoms with van der Waals surface area (Å²) in [6.45, 7) is 0. The van der Waals surface area contributed by atoms with E-state index in [9.17, 15) is 4.79 Å². The highest BCUT2D eigenvalue weighted by atomic mass is 32.2. The molecule has 1 amide bonds. The predicted octanol–water partition coefficient (Wildman–Crippen LogP) is 1.92. The first kappa shape index (κ1) is 7.68. The second-order valence-electron chi connectivity index (χ2n) is 2.60. The molecule has 0 aromatic heterocycles. The molecule has 3 heteroatoms. The van der Waals surface area contributed by atoms with Gasteiger partial charge in [0, 0.05) is 11.9 Å². The monoisotopic (exact) mass is 178 g/mol. The van der Waals surface area contributed by atoms with Crippen LogP contribution < -0.4 is 4.90 Å². The first-order chi connectivity index (χ1) is 5.79. The van der Waals surface area contributed by atoms with Crippen molar-refractivity contribution in [2.45, 2.75) is 4.90 Å². The summed E-state index contributed by atoms with van der Waals surface area (Å²) >= 11 is 1.48. The van der Waals surface area contributed by atoms with Crippen molar-refractivity contribution in [1.82, 2.24) is 0 Å². The van der Waals surface area contributed by atoms with Crippen LogP contribution in [0.1, 0.15) is 0 Å². The van der Waals surface area contributed by atoms with E-state index in [1.165, 1.54) is 11.8 Å². The van der Waals surface area contributed by atoms with Crippen molar-refractivity contribution >= 4 is 23.4 Å². The van der Waals surface area contributed by atoms with Crippen LogP contribution >= 0.6 is 11.8 Å². The number of thioether (sulfide) groups is 1. The molecule has 0 saturated carbocycles. The van der Waals surface area contributed by atoms with Gasteiger partial charge in [-0.3, -0.25) is 4.79 Å². The van der Waals surface area contributed by atoms with Gasteiger partial charge in [-0.2, -0.15) is 0 Å². The van der Waals surface area contributed by atoms with E-state index in [1.54, 1.807) is 17.7 Å². The zero-order chi connectivity index (χ0) is 8.55. The molecule has 61 valence electrons. The number of hydrogen-bond donors (Lipinski definition) is 0. The molecule has 0 saturated heterocycles. The molecule has 0 unspecified atom stereocenters. The zero-order valence-electron chi connectivity index (χ0n) is 6.65. The molecule has 1 aliphatic rings. The summed E-state index contributed by atoms with van der Waals surface area (Å²) in [6.07, 6.45) is 0. The molecule has 1 heterocycles. The topological polar surface area (TPSA) is 20.3 Å². The van der Waals surface area contributed by atoms with E-state index in [2.05, 4.69) is 0 Å². The summed E-state index contributed by atoms with van der Waals surface area (Å²) in [7, 11) is 1.79. The average molecular weight is 178 g/mol. The first-order valence-corrected chi connectivity index (χ1v) is 4.53. The molecule has 1 aromatic carbocycles. The molecule has 1 aromatic rings. The van der Waals surface area contributed by atoms with Gasteiger partial charge in [0.25, 0.3) is 0 Å². The quantitative estimate of drug-likeness (QED) is 0.605. The Morgan fingerprint density at radius 3 is 2.92 bits per heavy atom. The molecule has 2 rings (SSSR count). The van der Waals surface area contributed by atoms with Gasteiger partial charge in [-0.1, -0.05) is 12.1 Å². The smallest absolute Gasteiger partial charge is 0.241 e. The second-order valence-corrected chi connectivity index (χ2v) is 3.51. The Morgan fingerprint density at radius 1 is 1.33 bits per heavy atom. The summed E-state index contributed by atoms with van der Waals surface area (Å²) in [5.74, 6) is 1.68. The normalized spacial score (nSPS) is 16.1. The van der Waals surface area contributed by atoms with Crippen molar-refractivity contribution in [1.29, 1.82) is 0 Å². The summed E-state index contributed by atoms with van der Waals surface area (Å²) in [5, 5.41) is 0. The van der Waals surface area contributed by atoms with E-state index in [0.717, 1.165) is 10.6 Å². The highest BCUT2D eigenvalue weighted by Crippen LogP contribution is 2.35. The molecule has 0 bridgehead atoms. The molecule has 0 N–H and O–H groups in total. The number of rotatable bonds is 0. The van der Waals surface area contributed by atoms with Crippen molar-refractivity contribution in [3.05, 3.63) is 30.0 Å². The van der Waals surface area contributed by atoms with Gasteiger partial charge >= 0.3 is 0 Å². The summed E-state index contributed by atoms with van der Waals surface area (Å²) in [6, 6.07) is 7.88. The maximum absolute atomic E-state index is 11.2. The first-order valence-electron chi connectivity index (χ1n) is 3.65. The second kappa shape index (κ2) is 2.83. The third kappa shape index (κ3) is 1.10. The molecule has 0 aliphatic carbocycles. The predicted molar refractivity (Wildman–Crippen MR) is 50.0 cm³/mol. The van der Waals surface area contributed by atoms with Crippen molar-refractivity contribution in [3.8, 4) is 0 Å². The lowest BCUT2D eigenvalue weighted by atomic mass is 10.3. The number of fused-ring (bicyclic) bond motifs is 1.